The Hall–Kier alpha value is -3.30. The molecule has 0 unspecified atom stereocenters. The summed E-state index contributed by atoms with van der Waals surface area (Å²) < 4.78 is 43.0. The second-order valence-electron chi connectivity index (χ2n) is 8.57. The average Bonchev–Trinajstić information content (AvgIpc) is 2.75. The third kappa shape index (κ3) is 6.43. The average molecular weight is 518 g/mol. The molecule has 3 rings (SSSR count). The first kappa shape index (κ1) is 26.3. The van der Waals surface area contributed by atoms with Crippen LogP contribution in [0.15, 0.2) is 53.6 Å². The Balaban J connectivity index is 1.98. The van der Waals surface area contributed by atoms with Crippen LogP contribution < -0.4 is 10.0 Å². The summed E-state index contributed by atoms with van der Waals surface area (Å²) in [4.78, 5) is 29.3. The van der Waals surface area contributed by atoms with Crippen molar-refractivity contribution in [2.24, 2.45) is 5.92 Å². The van der Waals surface area contributed by atoms with Crippen molar-refractivity contribution in [1.29, 1.82) is 0 Å². The van der Waals surface area contributed by atoms with E-state index in [0.29, 0.717) is 0 Å². The molecule has 184 valence electrons. The van der Waals surface area contributed by atoms with E-state index in [9.17, 15) is 22.4 Å². The summed E-state index contributed by atoms with van der Waals surface area (Å²) in [5, 5.41) is 2.71. The summed E-state index contributed by atoms with van der Waals surface area (Å²) in [5.74, 6) is -1.90. The Kier molecular flexibility index (Phi) is 7.92. The number of aryl methyl sites for hydroxylation is 2. The van der Waals surface area contributed by atoms with Gasteiger partial charge in [0.1, 0.15) is 11.5 Å². The van der Waals surface area contributed by atoms with Gasteiger partial charge in [-0.25, -0.2) is 17.8 Å². The molecule has 3 aromatic rings. The van der Waals surface area contributed by atoms with Crippen molar-refractivity contribution in [2.45, 2.75) is 39.0 Å². The minimum atomic E-state index is -4.10. The monoisotopic (exact) mass is 517 g/mol. The van der Waals surface area contributed by atoms with Crippen LogP contribution in [0.1, 0.15) is 47.4 Å². The van der Waals surface area contributed by atoms with Crippen molar-refractivity contribution < 1.29 is 22.4 Å². The molecule has 1 amide bonds. The van der Waals surface area contributed by atoms with Gasteiger partial charge in [0, 0.05) is 18.3 Å². The van der Waals surface area contributed by atoms with Gasteiger partial charge in [-0.05, 0) is 67.3 Å². The molecule has 0 fully saturated rings. The zero-order chi connectivity index (χ0) is 25.9. The number of benzene rings is 2. The number of ketones is 1. The van der Waals surface area contributed by atoms with Crippen LogP contribution in [0.4, 0.5) is 15.8 Å². The maximum absolute atomic E-state index is 14.6. The van der Waals surface area contributed by atoms with Crippen molar-refractivity contribution in [3.05, 3.63) is 81.9 Å². The molecule has 0 aliphatic rings. The first-order valence-electron chi connectivity index (χ1n) is 10.8. The van der Waals surface area contributed by atoms with Crippen molar-refractivity contribution >= 4 is 44.7 Å². The minimum absolute atomic E-state index is 0.0139. The van der Waals surface area contributed by atoms with Gasteiger partial charge in [0.25, 0.3) is 10.0 Å². The first-order chi connectivity index (χ1) is 16.4. The molecule has 0 saturated carbocycles. The zero-order valence-corrected chi connectivity index (χ0v) is 21.2. The fraction of sp³-hybridized carbons (Fsp3) is 0.240. The van der Waals surface area contributed by atoms with Gasteiger partial charge in [-0.1, -0.05) is 31.5 Å². The van der Waals surface area contributed by atoms with Crippen molar-refractivity contribution in [3.63, 3.8) is 0 Å². The molecule has 0 spiro atoms. The van der Waals surface area contributed by atoms with E-state index in [1.165, 1.54) is 30.3 Å². The molecule has 2 N–H and O–H groups in total. The van der Waals surface area contributed by atoms with E-state index >= 15 is 0 Å². The predicted octanol–water partition coefficient (Wildman–Crippen LogP) is 5.51. The lowest BCUT2D eigenvalue weighted by molar-refractivity contribution is -0.116. The van der Waals surface area contributed by atoms with Crippen molar-refractivity contribution in [3.8, 4) is 0 Å². The molecule has 0 aliphatic carbocycles. The van der Waals surface area contributed by atoms with Crippen molar-refractivity contribution in [1.82, 2.24) is 4.98 Å². The first-order valence-corrected chi connectivity index (χ1v) is 12.6. The van der Waals surface area contributed by atoms with Gasteiger partial charge in [0.05, 0.1) is 21.2 Å². The number of amides is 1. The Morgan fingerprint density at radius 3 is 2.43 bits per heavy atom. The highest BCUT2D eigenvalue weighted by Crippen LogP contribution is 2.27. The molecule has 0 aliphatic heterocycles. The number of carbonyl (C=O) groups excluding carboxylic acids is 2. The molecule has 0 radical (unpaired) electrons. The van der Waals surface area contributed by atoms with Gasteiger partial charge in [-0.15, -0.1) is 0 Å². The molecule has 0 bridgehead atoms. The Morgan fingerprint density at radius 1 is 1.06 bits per heavy atom. The summed E-state index contributed by atoms with van der Waals surface area (Å²) in [6.45, 7) is 7.39. The van der Waals surface area contributed by atoms with Crippen LogP contribution in [0.25, 0.3) is 0 Å². The summed E-state index contributed by atoms with van der Waals surface area (Å²) in [6, 6.07) is 9.41. The van der Waals surface area contributed by atoms with E-state index < -0.39 is 21.6 Å². The number of nitrogens with zero attached hydrogens (tertiary/aromatic N) is 1. The number of nitrogens with one attached hydrogen (secondary N) is 2. The normalized spacial score (nSPS) is 11.4. The maximum Gasteiger partial charge on any atom is 0.261 e. The third-order valence-electron chi connectivity index (χ3n) is 5.19. The minimum Gasteiger partial charge on any atom is -0.326 e. The number of sulfonamides is 1. The van der Waals surface area contributed by atoms with Gasteiger partial charge in [0.15, 0.2) is 0 Å². The van der Waals surface area contributed by atoms with Gasteiger partial charge in [-0.2, -0.15) is 0 Å². The molecular formula is C25H25ClFN3O4S. The third-order valence-corrected chi connectivity index (χ3v) is 6.76. The standard InChI is InChI=1S/C25H25ClFN3O4S/c1-14(2)9-23(31)29-18-6-8-21(27)20(12-18)25(32)24-22(11-17(26)13-28-24)30-35(33,34)19-7-5-15(3)16(4)10-19/h5-8,10-14,30H,9H2,1-4H3,(H,29,31). The summed E-state index contributed by atoms with van der Waals surface area (Å²) in [7, 11) is -4.10. The van der Waals surface area contributed by atoms with Crippen LogP contribution in [0.3, 0.4) is 0 Å². The van der Waals surface area contributed by atoms with E-state index in [1.54, 1.807) is 13.0 Å². The Morgan fingerprint density at radius 2 is 1.77 bits per heavy atom. The Bertz CT molecular complexity index is 1410. The summed E-state index contributed by atoms with van der Waals surface area (Å²) >= 11 is 6.01. The second-order valence-corrected chi connectivity index (χ2v) is 10.7. The maximum atomic E-state index is 14.6. The summed E-state index contributed by atoms with van der Waals surface area (Å²) in [6.07, 6.45) is 1.42. The van der Waals surface area contributed by atoms with E-state index in [4.69, 9.17) is 11.6 Å². The highest BCUT2D eigenvalue weighted by molar-refractivity contribution is 7.92. The molecule has 35 heavy (non-hydrogen) atoms. The largest absolute Gasteiger partial charge is 0.326 e. The lowest BCUT2D eigenvalue weighted by atomic mass is 10.0. The number of halogens is 2. The number of rotatable bonds is 8. The molecule has 1 aromatic heterocycles. The predicted molar refractivity (Wildman–Crippen MR) is 134 cm³/mol. The fourth-order valence-electron chi connectivity index (χ4n) is 3.27. The van der Waals surface area contributed by atoms with Crippen LogP contribution in [-0.4, -0.2) is 25.1 Å². The molecule has 0 atom stereocenters. The summed E-state index contributed by atoms with van der Waals surface area (Å²) in [5.41, 5.74) is 0.994. The number of aromatic nitrogens is 1. The number of pyridine rings is 1. The highest BCUT2D eigenvalue weighted by Gasteiger charge is 2.24. The van der Waals surface area contributed by atoms with Crippen LogP contribution in [0, 0.1) is 25.6 Å². The fourth-order valence-corrected chi connectivity index (χ4v) is 4.57. The quantitative estimate of drug-likeness (QED) is 0.383. The second kappa shape index (κ2) is 10.5. The molecule has 1 heterocycles. The number of hydrogen-bond donors (Lipinski definition) is 2. The van der Waals surface area contributed by atoms with Crippen LogP contribution in [-0.2, 0) is 14.8 Å². The van der Waals surface area contributed by atoms with E-state index in [-0.39, 0.29) is 50.8 Å². The Labute approximate surface area is 208 Å². The molecular weight excluding hydrogens is 493 g/mol. The van der Waals surface area contributed by atoms with Crippen LogP contribution in [0.5, 0.6) is 0 Å². The SMILES string of the molecule is Cc1ccc(S(=O)(=O)Nc2cc(Cl)cnc2C(=O)c2cc(NC(=O)CC(C)C)ccc2F)cc1C. The van der Waals surface area contributed by atoms with Gasteiger partial charge >= 0.3 is 0 Å². The lowest BCUT2D eigenvalue weighted by Crippen LogP contribution is -2.18. The smallest absolute Gasteiger partial charge is 0.261 e. The van der Waals surface area contributed by atoms with Gasteiger partial charge in [0.2, 0.25) is 11.7 Å². The number of anilines is 2. The zero-order valence-electron chi connectivity index (χ0n) is 19.6. The number of hydrogen-bond acceptors (Lipinski definition) is 5. The lowest BCUT2D eigenvalue weighted by Gasteiger charge is -2.14. The van der Waals surface area contributed by atoms with E-state index in [2.05, 4.69) is 15.0 Å². The van der Waals surface area contributed by atoms with E-state index in [1.807, 2.05) is 20.8 Å². The van der Waals surface area contributed by atoms with Crippen LogP contribution in [0.2, 0.25) is 5.02 Å². The highest BCUT2D eigenvalue weighted by atomic mass is 35.5. The van der Waals surface area contributed by atoms with Gasteiger partial charge in [-0.3, -0.25) is 14.3 Å². The van der Waals surface area contributed by atoms with Crippen LogP contribution >= 0.6 is 11.6 Å². The topological polar surface area (TPSA) is 105 Å². The molecule has 2 aromatic carbocycles. The molecule has 10 heteroatoms. The molecule has 0 saturated heterocycles. The number of carbonyl (C=O) groups is 2. The van der Waals surface area contributed by atoms with Gasteiger partial charge < -0.3 is 5.32 Å². The van der Waals surface area contributed by atoms with E-state index in [0.717, 1.165) is 23.4 Å². The molecule has 7 nitrogen and oxygen atoms in total. The van der Waals surface area contributed by atoms with Crippen molar-refractivity contribution in [2.75, 3.05) is 10.0 Å².